The number of amides is 1. The molecule has 1 amide bonds. The number of ether oxygens (including phenoxy) is 1. The first kappa shape index (κ1) is 13.0. The third-order valence-corrected chi connectivity index (χ3v) is 3.55. The number of halogens is 1. The van der Waals surface area contributed by atoms with Crippen LogP contribution < -0.4 is 15.4 Å². The normalized spacial score (nSPS) is 13.2. The number of carbonyl (C=O) groups excluding carboxylic acids is 1. The van der Waals surface area contributed by atoms with Crippen LogP contribution in [0.15, 0.2) is 46.9 Å². The summed E-state index contributed by atoms with van der Waals surface area (Å²) in [5.41, 5.74) is 2.84. The number of rotatable bonds is 3. The van der Waals surface area contributed by atoms with E-state index >= 15 is 0 Å². The molecule has 1 aliphatic rings. The number of carbonyl (C=O) groups is 1. The summed E-state index contributed by atoms with van der Waals surface area (Å²) in [6, 6.07) is 13.8. The summed E-state index contributed by atoms with van der Waals surface area (Å²) in [4.78, 5) is 11.3. The minimum atomic E-state index is -0.123. The fourth-order valence-corrected chi connectivity index (χ4v) is 2.26. The van der Waals surface area contributed by atoms with Crippen LogP contribution in [0.1, 0.15) is 5.56 Å². The van der Waals surface area contributed by atoms with E-state index in [0.717, 1.165) is 16.7 Å². The van der Waals surface area contributed by atoms with Gasteiger partial charge < -0.3 is 15.4 Å². The largest absolute Gasteiger partial charge is 0.482 e. The van der Waals surface area contributed by atoms with Crippen molar-refractivity contribution in [2.75, 3.05) is 17.2 Å². The Hall–Kier alpha value is -2.01. The van der Waals surface area contributed by atoms with Crippen molar-refractivity contribution in [2.45, 2.75) is 6.54 Å². The molecule has 4 nitrogen and oxygen atoms in total. The van der Waals surface area contributed by atoms with Crippen molar-refractivity contribution < 1.29 is 9.53 Å². The van der Waals surface area contributed by atoms with E-state index < -0.39 is 0 Å². The summed E-state index contributed by atoms with van der Waals surface area (Å²) in [6.45, 7) is 0.805. The molecule has 102 valence electrons. The summed E-state index contributed by atoms with van der Waals surface area (Å²) in [6.07, 6.45) is 0. The summed E-state index contributed by atoms with van der Waals surface area (Å²) in [5, 5.41) is 6.12. The predicted molar refractivity (Wildman–Crippen MR) is 82.0 cm³/mol. The van der Waals surface area contributed by atoms with Gasteiger partial charge in [-0.15, -0.1) is 0 Å². The van der Waals surface area contributed by atoms with Crippen LogP contribution in [0, 0.1) is 0 Å². The van der Waals surface area contributed by atoms with Crippen LogP contribution in [0.5, 0.6) is 5.75 Å². The highest BCUT2D eigenvalue weighted by molar-refractivity contribution is 9.10. The predicted octanol–water partition coefficient (Wildman–Crippen LogP) is 3.39. The molecule has 0 fully saturated rings. The molecule has 0 spiro atoms. The number of nitrogens with one attached hydrogen (secondary N) is 2. The second kappa shape index (κ2) is 5.54. The first-order valence-corrected chi connectivity index (χ1v) is 7.05. The molecule has 0 saturated heterocycles. The lowest BCUT2D eigenvalue weighted by atomic mass is 10.2. The van der Waals surface area contributed by atoms with Crippen LogP contribution in [0.2, 0.25) is 0 Å². The quantitative estimate of drug-likeness (QED) is 0.905. The molecule has 0 saturated carbocycles. The molecule has 0 radical (unpaired) electrons. The number of anilines is 2. The Morgan fingerprint density at radius 3 is 2.80 bits per heavy atom. The van der Waals surface area contributed by atoms with Gasteiger partial charge in [-0.05, 0) is 35.9 Å². The molecule has 5 heteroatoms. The van der Waals surface area contributed by atoms with E-state index in [1.165, 1.54) is 5.56 Å². The lowest BCUT2D eigenvalue weighted by Gasteiger charge is -2.18. The van der Waals surface area contributed by atoms with E-state index in [2.05, 4.69) is 38.7 Å². The monoisotopic (exact) mass is 332 g/mol. The zero-order valence-corrected chi connectivity index (χ0v) is 12.2. The summed E-state index contributed by atoms with van der Waals surface area (Å²) in [7, 11) is 0. The van der Waals surface area contributed by atoms with E-state index in [1.54, 1.807) is 0 Å². The average molecular weight is 333 g/mol. The van der Waals surface area contributed by atoms with E-state index in [-0.39, 0.29) is 12.5 Å². The summed E-state index contributed by atoms with van der Waals surface area (Å²) < 4.78 is 6.39. The fourth-order valence-electron chi connectivity index (χ4n) is 2.00. The topological polar surface area (TPSA) is 50.4 Å². The Morgan fingerprint density at radius 1 is 1.20 bits per heavy atom. The highest BCUT2D eigenvalue weighted by Gasteiger charge is 2.15. The first-order valence-electron chi connectivity index (χ1n) is 6.26. The summed E-state index contributed by atoms with van der Waals surface area (Å²) in [5.74, 6) is 0.585. The zero-order valence-electron chi connectivity index (χ0n) is 10.7. The highest BCUT2D eigenvalue weighted by Crippen LogP contribution is 2.30. The average Bonchev–Trinajstić information content (AvgIpc) is 2.46. The van der Waals surface area contributed by atoms with Gasteiger partial charge in [-0.3, -0.25) is 4.79 Å². The highest BCUT2D eigenvalue weighted by atomic mass is 79.9. The fraction of sp³-hybridized carbons (Fsp3) is 0.133. The number of benzene rings is 2. The van der Waals surface area contributed by atoms with Crippen LogP contribution in [-0.4, -0.2) is 12.5 Å². The van der Waals surface area contributed by atoms with Gasteiger partial charge in [0.05, 0.1) is 5.69 Å². The zero-order chi connectivity index (χ0) is 13.9. The molecule has 20 heavy (non-hydrogen) atoms. The maximum Gasteiger partial charge on any atom is 0.262 e. The number of hydrogen-bond acceptors (Lipinski definition) is 3. The Bertz CT molecular complexity index is 641. The van der Waals surface area contributed by atoms with Crippen molar-refractivity contribution in [3.8, 4) is 5.75 Å². The molecule has 0 bridgehead atoms. The van der Waals surface area contributed by atoms with Gasteiger partial charge in [-0.25, -0.2) is 0 Å². The minimum absolute atomic E-state index is 0.0820. The second-order valence-corrected chi connectivity index (χ2v) is 5.44. The van der Waals surface area contributed by atoms with Crippen LogP contribution in [0.25, 0.3) is 0 Å². The van der Waals surface area contributed by atoms with Crippen LogP contribution in [-0.2, 0) is 11.3 Å². The lowest BCUT2D eigenvalue weighted by Crippen LogP contribution is -2.25. The molecule has 2 aromatic carbocycles. The van der Waals surface area contributed by atoms with Crippen molar-refractivity contribution in [3.63, 3.8) is 0 Å². The molecule has 2 N–H and O–H groups in total. The van der Waals surface area contributed by atoms with Gasteiger partial charge in [0.15, 0.2) is 6.61 Å². The van der Waals surface area contributed by atoms with Gasteiger partial charge in [-0.2, -0.15) is 0 Å². The van der Waals surface area contributed by atoms with Gasteiger partial charge in [0.2, 0.25) is 0 Å². The number of fused-ring (bicyclic) bond motifs is 1. The molecule has 0 aliphatic carbocycles. The Kier molecular flexibility index (Phi) is 3.60. The van der Waals surface area contributed by atoms with Crippen molar-refractivity contribution in [1.82, 2.24) is 0 Å². The summed E-state index contributed by atoms with van der Waals surface area (Å²) >= 11 is 3.41. The number of hydrogen-bond donors (Lipinski definition) is 2. The molecule has 1 aliphatic heterocycles. The molecule has 0 atom stereocenters. The third kappa shape index (κ3) is 2.93. The van der Waals surface area contributed by atoms with Crippen LogP contribution in [0.4, 0.5) is 11.4 Å². The standard InChI is InChI=1S/C15H13BrN2O2/c16-11-3-1-10(2-4-11)8-17-12-5-6-14-13(7-12)18-15(19)9-20-14/h1-7,17H,8-9H2,(H,18,19). The molecule has 1 heterocycles. The molecular formula is C15H13BrN2O2. The van der Waals surface area contributed by atoms with Crippen molar-refractivity contribution >= 4 is 33.2 Å². The molecule has 0 aromatic heterocycles. The van der Waals surface area contributed by atoms with Crippen molar-refractivity contribution in [1.29, 1.82) is 0 Å². The van der Waals surface area contributed by atoms with Crippen LogP contribution >= 0.6 is 15.9 Å². The van der Waals surface area contributed by atoms with Gasteiger partial charge >= 0.3 is 0 Å². The van der Waals surface area contributed by atoms with Crippen molar-refractivity contribution in [2.24, 2.45) is 0 Å². The maximum absolute atomic E-state index is 11.3. The molecule has 0 unspecified atom stereocenters. The van der Waals surface area contributed by atoms with Crippen LogP contribution in [0.3, 0.4) is 0 Å². The Balaban J connectivity index is 1.70. The third-order valence-electron chi connectivity index (χ3n) is 3.02. The minimum Gasteiger partial charge on any atom is -0.482 e. The Labute approximate surface area is 125 Å². The maximum atomic E-state index is 11.3. The van der Waals surface area contributed by atoms with E-state index in [4.69, 9.17) is 4.74 Å². The van der Waals surface area contributed by atoms with Crippen molar-refractivity contribution in [3.05, 3.63) is 52.5 Å². The SMILES string of the molecule is O=C1COc2ccc(NCc3ccc(Br)cc3)cc2N1. The van der Waals surface area contributed by atoms with E-state index in [9.17, 15) is 4.79 Å². The molecule has 3 rings (SSSR count). The van der Waals surface area contributed by atoms with E-state index in [0.29, 0.717) is 11.4 Å². The van der Waals surface area contributed by atoms with Gasteiger partial charge in [0.25, 0.3) is 5.91 Å². The molecular weight excluding hydrogens is 320 g/mol. The van der Waals surface area contributed by atoms with Gasteiger partial charge in [0, 0.05) is 16.7 Å². The molecule has 2 aromatic rings. The van der Waals surface area contributed by atoms with Gasteiger partial charge in [-0.1, -0.05) is 28.1 Å². The second-order valence-electron chi connectivity index (χ2n) is 4.53. The van der Waals surface area contributed by atoms with E-state index in [1.807, 2.05) is 30.3 Å². The lowest BCUT2D eigenvalue weighted by molar-refractivity contribution is -0.118. The Morgan fingerprint density at radius 2 is 2.00 bits per heavy atom. The first-order chi connectivity index (χ1) is 9.70. The van der Waals surface area contributed by atoms with Gasteiger partial charge in [0.1, 0.15) is 5.75 Å². The smallest absolute Gasteiger partial charge is 0.262 e.